The van der Waals surface area contributed by atoms with Gasteiger partial charge in [-0.25, -0.2) is 18.6 Å². The number of alkyl halides is 2. The van der Waals surface area contributed by atoms with E-state index in [0.717, 1.165) is 25.0 Å². The highest BCUT2D eigenvalue weighted by Crippen LogP contribution is 2.37. The van der Waals surface area contributed by atoms with Gasteiger partial charge < -0.3 is 29.7 Å². The molecule has 0 radical (unpaired) electrons. The van der Waals surface area contributed by atoms with Crippen LogP contribution in [-0.2, 0) is 11.3 Å². The van der Waals surface area contributed by atoms with Gasteiger partial charge in [0.2, 0.25) is 5.89 Å². The third kappa shape index (κ3) is 6.72. The number of halogens is 4. The minimum atomic E-state index is -3.06. The van der Waals surface area contributed by atoms with Crippen molar-refractivity contribution in [1.29, 1.82) is 0 Å². The Hall–Kier alpha value is -4.29. The number of ether oxygens (including phenoxy) is 3. The Kier molecular flexibility index (Phi) is 8.03. The van der Waals surface area contributed by atoms with Crippen LogP contribution in [0, 0.1) is 17.6 Å². The number of nitrogens with one attached hydrogen (secondary N) is 1. The van der Waals surface area contributed by atoms with E-state index < -0.39 is 41.9 Å². The molecule has 1 aromatic heterocycles. The molecule has 0 unspecified atom stereocenters. The van der Waals surface area contributed by atoms with Crippen molar-refractivity contribution in [3.63, 3.8) is 0 Å². The molecular weight excluding hydrogens is 514 g/mol. The van der Waals surface area contributed by atoms with Gasteiger partial charge in [0.15, 0.2) is 23.4 Å². The van der Waals surface area contributed by atoms with Crippen molar-refractivity contribution in [2.45, 2.75) is 39.0 Å². The van der Waals surface area contributed by atoms with E-state index in [2.05, 4.69) is 15.0 Å². The second-order valence-corrected chi connectivity index (χ2v) is 8.51. The van der Waals surface area contributed by atoms with E-state index in [1.54, 1.807) is 0 Å². The summed E-state index contributed by atoms with van der Waals surface area (Å²) in [4.78, 5) is 28.1. The molecule has 3 N–H and O–H groups in total. The summed E-state index contributed by atoms with van der Waals surface area (Å²) in [6, 6.07) is 6.58. The van der Waals surface area contributed by atoms with Gasteiger partial charge in [-0.3, -0.25) is 4.79 Å². The summed E-state index contributed by atoms with van der Waals surface area (Å²) in [5.74, 6) is -2.54. The summed E-state index contributed by atoms with van der Waals surface area (Å²) >= 11 is 0. The van der Waals surface area contributed by atoms with Crippen molar-refractivity contribution in [1.82, 2.24) is 10.3 Å². The SMILES string of the molecule is C[C@H](OC(N)=O)c1oc(-c2ccc(OC(F)F)c(OCC3CC3)c2)nc1CNC(=O)c1ccc(F)cc1F. The molecule has 2 amide bonds. The molecule has 202 valence electrons. The van der Waals surface area contributed by atoms with Crippen molar-refractivity contribution in [2.75, 3.05) is 6.61 Å². The van der Waals surface area contributed by atoms with Crippen LogP contribution in [0.3, 0.4) is 0 Å². The molecular formula is C25H23F4N3O6. The lowest BCUT2D eigenvalue weighted by Crippen LogP contribution is -2.25. The highest BCUT2D eigenvalue weighted by molar-refractivity contribution is 5.94. The summed E-state index contributed by atoms with van der Waals surface area (Å²) < 4.78 is 73.9. The first-order valence-electron chi connectivity index (χ1n) is 11.5. The van der Waals surface area contributed by atoms with Crippen LogP contribution in [-0.4, -0.2) is 30.2 Å². The Bertz CT molecular complexity index is 1330. The number of benzene rings is 2. The van der Waals surface area contributed by atoms with Gasteiger partial charge in [0.1, 0.15) is 17.3 Å². The van der Waals surface area contributed by atoms with Gasteiger partial charge in [-0.15, -0.1) is 0 Å². The summed E-state index contributed by atoms with van der Waals surface area (Å²) in [6.45, 7) is -1.59. The van der Waals surface area contributed by atoms with E-state index in [4.69, 9.17) is 19.6 Å². The predicted octanol–water partition coefficient (Wildman–Crippen LogP) is 5.10. The first-order valence-corrected chi connectivity index (χ1v) is 11.5. The molecule has 1 atom stereocenters. The zero-order valence-electron chi connectivity index (χ0n) is 20.0. The zero-order valence-corrected chi connectivity index (χ0v) is 20.0. The molecule has 1 fully saturated rings. The Morgan fingerprint density at radius 3 is 2.58 bits per heavy atom. The van der Waals surface area contributed by atoms with Crippen LogP contribution in [0.15, 0.2) is 40.8 Å². The molecule has 3 aromatic rings. The lowest BCUT2D eigenvalue weighted by Gasteiger charge is -2.13. The van der Waals surface area contributed by atoms with E-state index in [-0.39, 0.29) is 35.4 Å². The molecule has 0 bridgehead atoms. The molecule has 38 heavy (non-hydrogen) atoms. The molecule has 1 heterocycles. The van der Waals surface area contributed by atoms with Crippen LogP contribution in [0.4, 0.5) is 22.4 Å². The molecule has 1 aliphatic carbocycles. The number of rotatable bonds is 11. The number of nitrogens with zero attached hydrogens (tertiary/aromatic N) is 1. The summed E-state index contributed by atoms with van der Waals surface area (Å²) in [7, 11) is 0. The third-order valence-electron chi connectivity index (χ3n) is 5.56. The number of oxazole rings is 1. The Balaban J connectivity index is 1.61. The fraction of sp³-hybridized carbons (Fsp3) is 0.320. The number of carbonyl (C=O) groups is 2. The standard InChI is InChI=1S/C25H23F4N3O6/c1-12(36-25(30)34)21-18(10-31-22(33)16-6-5-15(26)9-17(16)27)32-23(38-21)14-4-7-19(37-24(28)29)20(8-14)35-11-13-2-3-13/h4-9,12-13,24H,2-3,10-11H2,1H3,(H2,30,34)(H,31,33)/t12-/m0/s1. The molecule has 13 heteroatoms. The van der Waals surface area contributed by atoms with Crippen molar-refractivity contribution in [3.8, 4) is 23.0 Å². The van der Waals surface area contributed by atoms with Gasteiger partial charge in [-0.05, 0) is 56.0 Å². The van der Waals surface area contributed by atoms with Crippen LogP contribution >= 0.6 is 0 Å². The fourth-order valence-electron chi connectivity index (χ4n) is 3.53. The number of hydrogen-bond acceptors (Lipinski definition) is 7. The second kappa shape index (κ2) is 11.4. The van der Waals surface area contributed by atoms with Gasteiger partial charge >= 0.3 is 12.7 Å². The number of hydrogen-bond donors (Lipinski definition) is 2. The number of carbonyl (C=O) groups excluding carboxylic acids is 2. The van der Waals surface area contributed by atoms with E-state index in [1.165, 1.54) is 25.1 Å². The average Bonchev–Trinajstić information content (AvgIpc) is 3.57. The lowest BCUT2D eigenvalue weighted by molar-refractivity contribution is -0.0515. The van der Waals surface area contributed by atoms with Crippen molar-refractivity contribution >= 4 is 12.0 Å². The quantitative estimate of drug-likeness (QED) is 0.326. The Labute approximate surface area is 213 Å². The van der Waals surface area contributed by atoms with E-state index in [0.29, 0.717) is 24.2 Å². The number of primary amides is 1. The topological polar surface area (TPSA) is 126 Å². The monoisotopic (exact) mass is 537 g/mol. The van der Waals surface area contributed by atoms with Crippen molar-refractivity contribution in [3.05, 3.63) is 65.1 Å². The first-order chi connectivity index (χ1) is 18.1. The van der Waals surface area contributed by atoms with Crippen LogP contribution in [0.5, 0.6) is 11.5 Å². The first kappa shape index (κ1) is 26.8. The number of nitrogens with two attached hydrogens (primary N) is 1. The largest absolute Gasteiger partial charge is 0.489 e. The van der Waals surface area contributed by atoms with Gasteiger partial charge in [-0.2, -0.15) is 8.78 Å². The average molecular weight is 537 g/mol. The normalized spacial score (nSPS) is 13.7. The minimum Gasteiger partial charge on any atom is -0.489 e. The molecule has 1 saturated carbocycles. The van der Waals surface area contributed by atoms with Gasteiger partial charge in [0, 0.05) is 11.6 Å². The molecule has 9 nitrogen and oxygen atoms in total. The number of amides is 2. The summed E-state index contributed by atoms with van der Waals surface area (Å²) in [5.41, 5.74) is 5.13. The maximum atomic E-state index is 14.0. The molecule has 0 saturated heterocycles. The molecule has 1 aliphatic rings. The molecule has 4 rings (SSSR count). The lowest BCUT2D eigenvalue weighted by atomic mass is 10.2. The van der Waals surface area contributed by atoms with Crippen LogP contribution in [0.25, 0.3) is 11.5 Å². The zero-order chi connectivity index (χ0) is 27.4. The van der Waals surface area contributed by atoms with Crippen LogP contribution in [0.1, 0.15) is 47.7 Å². The summed E-state index contributed by atoms with van der Waals surface area (Å²) in [6.07, 6.45) is -0.177. The van der Waals surface area contributed by atoms with Crippen molar-refractivity contribution < 1.29 is 45.8 Å². The van der Waals surface area contributed by atoms with Gasteiger partial charge in [-0.1, -0.05) is 0 Å². The molecule has 0 aliphatic heterocycles. The van der Waals surface area contributed by atoms with Gasteiger partial charge in [0.25, 0.3) is 5.91 Å². The third-order valence-corrected chi connectivity index (χ3v) is 5.56. The summed E-state index contributed by atoms with van der Waals surface area (Å²) in [5, 5.41) is 2.45. The van der Waals surface area contributed by atoms with Crippen molar-refractivity contribution in [2.24, 2.45) is 11.7 Å². The van der Waals surface area contributed by atoms with Gasteiger partial charge in [0.05, 0.1) is 18.7 Å². The highest BCUT2D eigenvalue weighted by atomic mass is 19.3. The maximum absolute atomic E-state index is 14.0. The predicted molar refractivity (Wildman–Crippen MR) is 123 cm³/mol. The fourth-order valence-corrected chi connectivity index (χ4v) is 3.53. The van der Waals surface area contributed by atoms with E-state index in [1.807, 2.05) is 0 Å². The van der Waals surface area contributed by atoms with E-state index >= 15 is 0 Å². The second-order valence-electron chi connectivity index (χ2n) is 8.51. The molecule has 2 aromatic carbocycles. The smallest absolute Gasteiger partial charge is 0.405 e. The minimum absolute atomic E-state index is 0.0167. The van der Waals surface area contributed by atoms with Crippen LogP contribution < -0.4 is 20.5 Å². The Morgan fingerprint density at radius 1 is 1.16 bits per heavy atom. The van der Waals surface area contributed by atoms with E-state index in [9.17, 15) is 27.2 Å². The highest BCUT2D eigenvalue weighted by Gasteiger charge is 2.26. The number of aromatic nitrogens is 1. The molecule has 0 spiro atoms. The maximum Gasteiger partial charge on any atom is 0.405 e. The Morgan fingerprint density at radius 2 is 1.92 bits per heavy atom. The van der Waals surface area contributed by atoms with Crippen LogP contribution in [0.2, 0.25) is 0 Å².